The van der Waals surface area contributed by atoms with Gasteiger partial charge in [0.1, 0.15) is 6.29 Å². The molecule has 0 saturated heterocycles. The molecule has 0 heterocycles. The van der Waals surface area contributed by atoms with E-state index in [0.717, 1.165) is 18.6 Å². The number of carbonyl (C=O) groups excluding carboxylic acids is 3. The first-order valence-electron chi connectivity index (χ1n) is 4.53. The fraction of sp³-hybridized carbons (Fsp3) is 0.400. The molecule has 0 bridgehead atoms. The molecule has 0 aliphatic rings. The van der Waals surface area contributed by atoms with E-state index in [4.69, 9.17) is 11.6 Å². The molecule has 0 spiro atoms. The molecule has 15 heavy (non-hydrogen) atoms. The number of carbonyl (C=O) groups is 3. The molecule has 5 heteroatoms. The Bertz CT molecular complexity index is 284. The third-order valence-corrected chi connectivity index (χ3v) is 1.68. The summed E-state index contributed by atoms with van der Waals surface area (Å²) in [6, 6.07) is 0. The molecule has 0 unspecified atom stereocenters. The zero-order valence-corrected chi connectivity index (χ0v) is 8.94. The van der Waals surface area contributed by atoms with Gasteiger partial charge in [-0.15, -0.1) is 0 Å². The van der Waals surface area contributed by atoms with Gasteiger partial charge in [0.05, 0.1) is 0 Å². The monoisotopic (exact) mass is 229 g/mol. The summed E-state index contributed by atoms with van der Waals surface area (Å²) in [5.41, 5.74) is 0. The predicted octanol–water partition coefficient (Wildman–Crippen LogP) is 1.66. The van der Waals surface area contributed by atoms with Gasteiger partial charge in [0.15, 0.2) is 0 Å². The van der Waals surface area contributed by atoms with Crippen molar-refractivity contribution >= 4 is 35.3 Å². The van der Waals surface area contributed by atoms with Gasteiger partial charge in [0, 0.05) is 18.7 Å². The second kappa shape index (κ2) is 9.27. The molecule has 0 rings (SSSR count). The zero-order valence-electron chi connectivity index (χ0n) is 8.19. The summed E-state index contributed by atoms with van der Waals surface area (Å²) in [6.45, 7) is 0. The lowest BCUT2D eigenvalue weighted by atomic mass is 10.2. The van der Waals surface area contributed by atoms with Crippen molar-refractivity contribution in [3.63, 3.8) is 0 Å². The van der Waals surface area contributed by atoms with Crippen LogP contribution in [0.15, 0.2) is 17.1 Å². The van der Waals surface area contributed by atoms with Gasteiger partial charge in [-0.05, 0) is 36.9 Å². The van der Waals surface area contributed by atoms with Gasteiger partial charge in [-0.1, -0.05) is 0 Å². The number of unbranched alkanes of at least 4 members (excludes halogenated alkanes) is 2. The van der Waals surface area contributed by atoms with Crippen LogP contribution in [0.25, 0.3) is 0 Å². The minimum Gasteiger partial charge on any atom is -0.299 e. The van der Waals surface area contributed by atoms with Crippen LogP contribution >= 0.6 is 11.6 Å². The molecule has 0 aromatic heterocycles. The van der Waals surface area contributed by atoms with Crippen molar-refractivity contribution in [2.75, 3.05) is 0 Å². The van der Waals surface area contributed by atoms with Crippen LogP contribution in [-0.2, 0) is 14.4 Å². The summed E-state index contributed by atoms with van der Waals surface area (Å²) in [7, 11) is 0. The fourth-order valence-corrected chi connectivity index (χ4v) is 0.952. The molecule has 0 aromatic rings. The van der Waals surface area contributed by atoms with Crippen LogP contribution in [0.4, 0.5) is 0 Å². The fourth-order valence-electron chi connectivity index (χ4n) is 0.819. The quantitative estimate of drug-likeness (QED) is 0.219. The summed E-state index contributed by atoms with van der Waals surface area (Å²) >= 11 is 5.13. The number of hydrogen-bond donors (Lipinski definition) is 0. The van der Waals surface area contributed by atoms with E-state index in [1.165, 1.54) is 6.21 Å². The minimum atomic E-state index is -0.462. The highest BCUT2D eigenvalue weighted by Crippen LogP contribution is 2.00. The van der Waals surface area contributed by atoms with Crippen LogP contribution in [0, 0.1) is 0 Å². The van der Waals surface area contributed by atoms with Crippen LogP contribution in [0.1, 0.15) is 25.7 Å². The van der Waals surface area contributed by atoms with E-state index < -0.39 is 5.91 Å². The van der Waals surface area contributed by atoms with Crippen LogP contribution < -0.4 is 0 Å². The van der Waals surface area contributed by atoms with Crippen molar-refractivity contribution in [2.24, 2.45) is 4.99 Å². The Balaban J connectivity index is 3.53. The Hall–Kier alpha value is -1.29. The number of amides is 1. The maximum absolute atomic E-state index is 10.8. The van der Waals surface area contributed by atoms with Crippen molar-refractivity contribution in [2.45, 2.75) is 25.7 Å². The highest BCUT2D eigenvalue weighted by atomic mass is 35.5. The van der Waals surface area contributed by atoms with Crippen LogP contribution in [0.3, 0.4) is 0 Å². The van der Waals surface area contributed by atoms with Gasteiger partial charge in [0.25, 0.3) is 5.91 Å². The Morgan fingerprint density at radius 3 is 2.60 bits per heavy atom. The van der Waals surface area contributed by atoms with E-state index in [1.807, 2.05) is 0 Å². The van der Waals surface area contributed by atoms with Gasteiger partial charge in [-0.2, -0.15) is 0 Å². The third-order valence-electron chi connectivity index (χ3n) is 1.49. The molecule has 0 atom stereocenters. The third kappa shape index (κ3) is 10.6. The molecule has 0 aliphatic carbocycles. The van der Waals surface area contributed by atoms with Gasteiger partial charge in [-0.25, -0.2) is 4.99 Å². The van der Waals surface area contributed by atoms with Gasteiger partial charge >= 0.3 is 0 Å². The lowest BCUT2D eigenvalue weighted by Crippen LogP contribution is -1.89. The maximum Gasteiger partial charge on any atom is 0.269 e. The van der Waals surface area contributed by atoms with Gasteiger partial charge in [0.2, 0.25) is 5.24 Å². The number of halogens is 1. The molecule has 82 valence electrons. The number of nitrogens with zero attached hydrogens (tertiary/aromatic N) is 1. The SMILES string of the molecule is O=C/C=C\C(=O)N=CCCCCC(=O)Cl. The number of aldehydes is 1. The topological polar surface area (TPSA) is 63.6 Å². The molecule has 0 radical (unpaired) electrons. The van der Waals surface area contributed by atoms with E-state index in [-0.39, 0.29) is 5.24 Å². The summed E-state index contributed by atoms with van der Waals surface area (Å²) < 4.78 is 0. The Kier molecular flexibility index (Phi) is 8.47. The first-order valence-corrected chi connectivity index (χ1v) is 4.91. The number of allylic oxidation sites excluding steroid dienone is 1. The minimum absolute atomic E-state index is 0.342. The summed E-state index contributed by atoms with van der Waals surface area (Å²) in [6.07, 6.45) is 6.56. The molecular weight excluding hydrogens is 218 g/mol. The van der Waals surface area contributed by atoms with Crippen LogP contribution in [0.2, 0.25) is 0 Å². The standard InChI is InChI=1S/C10H12ClNO3/c11-9(14)5-2-1-3-7-12-10(15)6-4-8-13/h4,6-8H,1-3,5H2/b6-4-,12-7?. The van der Waals surface area contributed by atoms with Crippen molar-refractivity contribution in [1.29, 1.82) is 0 Å². The number of hydrogen-bond acceptors (Lipinski definition) is 3. The second-order valence-electron chi connectivity index (χ2n) is 2.75. The molecule has 0 aromatic carbocycles. The summed E-state index contributed by atoms with van der Waals surface area (Å²) in [4.78, 5) is 34.6. The molecule has 4 nitrogen and oxygen atoms in total. The number of rotatable bonds is 7. The van der Waals surface area contributed by atoms with Gasteiger partial charge < -0.3 is 0 Å². The first kappa shape index (κ1) is 13.7. The largest absolute Gasteiger partial charge is 0.299 e. The highest BCUT2D eigenvalue weighted by molar-refractivity contribution is 6.63. The van der Waals surface area contributed by atoms with Crippen molar-refractivity contribution in [1.82, 2.24) is 0 Å². The summed E-state index contributed by atoms with van der Waals surface area (Å²) in [5.74, 6) is -0.462. The summed E-state index contributed by atoms with van der Waals surface area (Å²) in [5, 5.41) is -0.350. The highest BCUT2D eigenvalue weighted by Gasteiger charge is 1.94. The van der Waals surface area contributed by atoms with E-state index in [0.29, 0.717) is 25.5 Å². The molecule has 1 amide bonds. The van der Waals surface area contributed by atoms with E-state index in [2.05, 4.69) is 4.99 Å². The predicted molar refractivity (Wildman–Crippen MR) is 58.0 cm³/mol. The Morgan fingerprint density at radius 1 is 1.27 bits per heavy atom. The maximum atomic E-state index is 10.8. The van der Waals surface area contributed by atoms with E-state index >= 15 is 0 Å². The average molecular weight is 230 g/mol. The Morgan fingerprint density at radius 2 is 2.00 bits per heavy atom. The molecule has 0 aliphatic heterocycles. The molecule has 0 saturated carbocycles. The van der Waals surface area contributed by atoms with Crippen LogP contribution in [0.5, 0.6) is 0 Å². The molecule has 0 fully saturated rings. The molecule has 0 N–H and O–H groups in total. The average Bonchev–Trinajstić information content (AvgIpc) is 2.19. The Labute approximate surface area is 93.0 Å². The lowest BCUT2D eigenvalue weighted by molar-refractivity contribution is -0.114. The van der Waals surface area contributed by atoms with Crippen molar-refractivity contribution in [3.05, 3.63) is 12.2 Å². The zero-order chi connectivity index (χ0) is 11.5. The van der Waals surface area contributed by atoms with Crippen molar-refractivity contribution in [3.8, 4) is 0 Å². The van der Waals surface area contributed by atoms with E-state index in [1.54, 1.807) is 0 Å². The van der Waals surface area contributed by atoms with Crippen molar-refractivity contribution < 1.29 is 14.4 Å². The first-order chi connectivity index (χ1) is 7.16. The van der Waals surface area contributed by atoms with Crippen LogP contribution in [-0.4, -0.2) is 23.7 Å². The van der Waals surface area contributed by atoms with E-state index in [9.17, 15) is 14.4 Å². The smallest absolute Gasteiger partial charge is 0.269 e. The number of aliphatic imine (C=N–C) groups is 1. The van der Waals surface area contributed by atoms with Gasteiger partial charge in [-0.3, -0.25) is 14.4 Å². The lowest BCUT2D eigenvalue weighted by Gasteiger charge is -1.91. The second-order valence-corrected chi connectivity index (χ2v) is 3.17. The molecular formula is C10H12ClNO3. The normalized spacial score (nSPS) is 11.0.